The molecule has 0 amide bonds. The predicted octanol–water partition coefficient (Wildman–Crippen LogP) is 3.33. The lowest BCUT2D eigenvalue weighted by atomic mass is 9.73. The molecular formula is C12H15ClO. The highest BCUT2D eigenvalue weighted by molar-refractivity contribution is 6.31. The molecule has 1 saturated carbocycles. The molecule has 76 valence electrons. The van der Waals surface area contributed by atoms with Crippen LogP contribution in [0.4, 0.5) is 0 Å². The van der Waals surface area contributed by atoms with Crippen LogP contribution in [0, 0.1) is 13.8 Å². The molecule has 1 aromatic carbocycles. The van der Waals surface area contributed by atoms with Gasteiger partial charge in [-0.05, 0) is 55.9 Å². The van der Waals surface area contributed by atoms with E-state index < -0.39 is 5.60 Å². The Kier molecular flexibility index (Phi) is 2.32. The molecule has 0 saturated heterocycles. The summed E-state index contributed by atoms with van der Waals surface area (Å²) in [6.07, 6.45) is 2.89. The van der Waals surface area contributed by atoms with E-state index >= 15 is 0 Å². The lowest BCUT2D eigenvalue weighted by Crippen LogP contribution is -2.34. The maximum atomic E-state index is 10.2. The van der Waals surface area contributed by atoms with Gasteiger partial charge in [0.2, 0.25) is 0 Å². The molecule has 0 aliphatic heterocycles. The average molecular weight is 211 g/mol. The number of benzene rings is 1. The fraction of sp³-hybridized carbons (Fsp3) is 0.500. The molecule has 1 aliphatic rings. The molecule has 0 atom stereocenters. The first-order valence-corrected chi connectivity index (χ1v) is 5.41. The van der Waals surface area contributed by atoms with Crippen LogP contribution in [0.2, 0.25) is 5.02 Å². The van der Waals surface area contributed by atoms with Crippen molar-refractivity contribution in [1.82, 2.24) is 0 Å². The lowest BCUT2D eigenvalue weighted by molar-refractivity contribution is -0.0393. The smallest absolute Gasteiger partial charge is 0.0899 e. The minimum Gasteiger partial charge on any atom is -0.385 e. The van der Waals surface area contributed by atoms with E-state index in [4.69, 9.17) is 11.6 Å². The molecule has 0 unspecified atom stereocenters. The molecule has 1 fully saturated rings. The Morgan fingerprint density at radius 2 is 1.86 bits per heavy atom. The van der Waals surface area contributed by atoms with Crippen molar-refractivity contribution in [2.75, 3.05) is 0 Å². The minimum absolute atomic E-state index is 0.570. The van der Waals surface area contributed by atoms with Crippen molar-refractivity contribution in [2.24, 2.45) is 0 Å². The van der Waals surface area contributed by atoms with E-state index in [2.05, 4.69) is 0 Å². The number of halogens is 1. The van der Waals surface area contributed by atoms with E-state index in [0.717, 1.165) is 41.0 Å². The molecule has 2 heteroatoms. The van der Waals surface area contributed by atoms with E-state index in [-0.39, 0.29) is 0 Å². The number of hydrogen-bond acceptors (Lipinski definition) is 1. The molecule has 0 spiro atoms. The van der Waals surface area contributed by atoms with Crippen molar-refractivity contribution in [3.8, 4) is 0 Å². The fourth-order valence-corrected chi connectivity index (χ4v) is 2.28. The Bertz CT molecular complexity index is 367. The summed E-state index contributed by atoms with van der Waals surface area (Å²) in [5, 5.41) is 11.0. The average Bonchev–Trinajstić information content (AvgIpc) is 2.11. The molecular weight excluding hydrogens is 196 g/mol. The van der Waals surface area contributed by atoms with E-state index in [1.165, 1.54) is 0 Å². The van der Waals surface area contributed by atoms with Crippen LogP contribution in [-0.4, -0.2) is 5.11 Å². The lowest BCUT2D eigenvalue weighted by Gasteiger charge is -2.38. The van der Waals surface area contributed by atoms with Crippen molar-refractivity contribution in [3.63, 3.8) is 0 Å². The van der Waals surface area contributed by atoms with Crippen molar-refractivity contribution in [1.29, 1.82) is 0 Å². The van der Waals surface area contributed by atoms with Crippen LogP contribution < -0.4 is 0 Å². The third kappa shape index (κ3) is 1.35. The van der Waals surface area contributed by atoms with Crippen molar-refractivity contribution in [2.45, 2.75) is 38.7 Å². The van der Waals surface area contributed by atoms with Crippen LogP contribution >= 0.6 is 11.6 Å². The van der Waals surface area contributed by atoms with Gasteiger partial charge < -0.3 is 5.11 Å². The van der Waals surface area contributed by atoms with Crippen LogP contribution in [0.1, 0.15) is 36.0 Å². The second-order valence-electron chi connectivity index (χ2n) is 4.23. The monoisotopic (exact) mass is 210 g/mol. The second kappa shape index (κ2) is 3.25. The minimum atomic E-state index is -0.570. The van der Waals surface area contributed by atoms with Gasteiger partial charge in [-0.2, -0.15) is 0 Å². The number of aliphatic hydroxyl groups is 1. The van der Waals surface area contributed by atoms with Crippen LogP contribution in [0.15, 0.2) is 12.1 Å². The fourth-order valence-electron chi connectivity index (χ4n) is 2.07. The zero-order valence-corrected chi connectivity index (χ0v) is 9.36. The zero-order chi connectivity index (χ0) is 10.3. The van der Waals surface area contributed by atoms with Crippen molar-refractivity contribution >= 4 is 11.6 Å². The van der Waals surface area contributed by atoms with Gasteiger partial charge in [-0.15, -0.1) is 0 Å². The van der Waals surface area contributed by atoms with Crippen molar-refractivity contribution in [3.05, 3.63) is 33.8 Å². The van der Waals surface area contributed by atoms with Crippen LogP contribution in [0.3, 0.4) is 0 Å². The van der Waals surface area contributed by atoms with Gasteiger partial charge in [-0.25, -0.2) is 0 Å². The first-order chi connectivity index (χ1) is 6.54. The van der Waals surface area contributed by atoms with Gasteiger partial charge in [0.05, 0.1) is 5.60 Å². The van der Waals surface area contributed by atoms with Crippen LogP contribution in [-0.2, 0) is 5.60 Å². The number of hydrogen-bond donors (Lipinski definition) is 1. The largest absolute Gasteiger partial charge is 0.385 e. The highest BCUT2D eigenvalue weighted by Gasteiger charge is 2.37. The summed E-state index contributed by atoms with van der Waals surface area (Å²) in [7, 11) is 0. The maximum absolute atomic E-state index is 10.2. The highest BCUT2D eigenvalue weighted by Crippen LogP contribution is 2.43. The third-order valence-corrected chi connectivity index (χ3v) is 3.81. The Balaban J connectivity index is 2.49. The SMILES string of the molecule is Cc1c(Cl)ccc(C2(O)CCC2)c1C. The summed E-state index contributed by atoms with van der Waals surface area (Å²) in [5.74, 6) is 0. The molecule has 0 bridgehead atoms. The zero-order valence-electron chi connectivity index (χ0n) is 8.60. The van der Waals surface area contributed by atoms with Crippen LogP contribution in [0.25, 0.3) is 0 Å². The molecule has 0 heterocycles. The first kappa shape index (κ1) is 10.0. The quantitative estimate of drug-likeness (QED) is 0.754. The summed E-state index contributed by atoms with van der Waals surface area (Å²) in [5.41, 5.74) is 2.72. The maximum Gasteiger partial charge on any atom is 0.0899 e. The predicted molar refractivity (Wildman–Crippen MR) is 58.7 cm³/mol. The van der Waals surface area contributed by atoms with Gasteiger partial charge in [-0.3, -0.25) is 0 Å². The number of rotatable bonds is 1. The van der Waals surface area contributed by atoms with Gasteiger partial charge in [0, 0.05) is 5.02 Å². The van der Waals surface area contributed by atoms with E-state index in [0.29, 0.717) is 0 Å². The Labute approximate surface area is 89.7 Å². The topological polar surface area (TPSA) is 20.2 Å². The molecule has 0 aromatic heterocycles. The van der Waals surface area contributed by atoms with Crippen LogP contribution in [0.5, 0.6) is 0 Å². The molecule has 1 N–H and O–H groups in total. The Hall–Kier alpha value is -0.530. The standard InChI is InChI=1S/C12H15ClO/c1-8-9(2)11(13)5-4-10(8)12(14)6-3-7-12/h4-5,14H,3,6-7H2,1-2H3. The molecule has 2 rings (SSSR count). The summed E-state index contributed by atoms with van der Waals surface area (Å²) < 4.78 is 0. The Morgan fingerprint density at radius 1 is 1.21 bits per heavy atom. The molecule has 0 radical (unpaired) electrons. The third-order valence-electron chi connectivity index (χ3n) is 3.40. The normalized spacial score (nSPS) is 19.1. The van der Waals surface area contributed by atoms with Gasteiger partial charge in [0.25, 0.3) is 0 Å². The Morgan fingerprint density at radius 3 is 2.36 bits per heavy atom. The van der Waals surface area contributed by atoms with E-state index in [9.17, 15) is 5.11 Å². The summed E-state index contributed by atoms with van der Waals surface area (Å²) in [6, 6.07) is 3.85. The van der Waals surface area contributed by atoms with Gasteiger partial charge in [0.1, 0.15) is 0 Å². The first-order valence-electron chi connectivity index (χ1n) is 5.03. The summed E-state index contributed by atoms with van der Waals surface area (Å²) >= 11 is 6.02. The van der Waals surface area contributed by atoms with E-state index in [1.54, 1.807) is 0 Å². The van der Waals surface area contributed by atoms with E-state index in [1.807, 2.05) is 26.0 Å². The van der Waals surface area contributed by atoms with Crippen molar-refractivity contribution < 1.29 is 5.11 Å². The van der Waals surface area contributed by atoms with Gasteiger partial charge >= 0.3 is 0 Å². The molecule has 1 aromatic rings. The summed E-state index contributed by atoms with van der Waals surface area (Å²) in [4.78, 5) is 0. The van der Waals surface area contributed by atoms with Gasteiger partial charge in [-0.1, -0.05) is 17.7 Å². The molecule has 14 heavy (non-hydrogen) atoms. The molecule has 1 nitrogen and oxygen atoms in total. The van der Waals surface area contributed by atoms with Gasteiger partial charge in [0.15, 0.2) is 0 Å². The molecule has 1 aliphatic carbocycles. The highest BCUT2D eigenvalue weighted by atomic mass is 35.5. The second-order valence-corrected chi connectivity index (χ2v) is 4.64. The summed E-state index contributed by atoms with van der Waals surface area (Å²) in [6.45, 7) is 4.04.